The number of carbonyl (C=O) groups excluding carboxylic acids is 1. The highest BCUT2D eigenvalue weighted by Crippen LogP contribution is 2.23. The van der Waals surface area contributed by atoms with Crippen LogP contribution in [0.2, 0.25) is 0 Å². The number of rotatable bonds is 6. The number of hydrogen-bond donors (Lipinski definition) is 1. The molecule has 1 aromatic carbocycles. The second-order valence-corrected chi connectivity index (χ2v) is 7.39. The molecule has 1 aliphatic rings. The molecule has 3 heterocycles. The van der Waals surface area contributed by atoms with Crippen LogP contribution < -0.4 is 5.32 Å². The van der Waals surface area contributed by atoms with Crippen molar-refractivity contribution in [2.75, 3.05) is 31.6 Å². The minimum absolute atomic E-state index is 0.152. The molecule has 2 aromatic heterocycles. The maximum Gasteiger partial charge on any atom is 0.248 e. The quantitative estimate of drug-likeness (QED) is 0.620. The molecule has 0 radical (unpaired) electrons. The van der Waals surface area contributed by atoms with E-state index in [1.807, 2.05) is 25.4 Å². The third-order valence-electron chi connectivity index (χ3n) is 5.08. The minimum atomic E-state index is -0.454. The third kappa shape index (κ3) is 5.42. The van der Waals surface area contributed by atoms with E-state index >= 15 is 0 Å². The number of nitrogens with one attached hydrogen (secondary N) is 1. The van der Waals surface area contributed by atoms with Gasteiger partial charge < -0.3 is 10.1 Å². The Hall–Kier alpha value is -3.36. The molecule has 0 bridgehead atoms. The molecule has 1 saturated heterocycles. The van der Waals surface area contributed by atoms with Gasteiger partial charge in [0.25, 0.3) is 0 Å². The molecule has 0 aliphatic carbocycles. The molecule has 0 saturated carbocycles. The van der Waals surface area contributed by atoms with E-state index in [2.05, 4.69) is 20.3 Å². The standard InChI is InChI=1S/C23H24FN5O2/c1-28-16-19(14-26-28)20-6-7-25-13-18(20)3-5-23(30)27-22-4-2-17(12-21(22)24)15-29-8-10-31-11-9-29/h2-7,12-14,16H,8-11,15H2,1H3,(H,27,30)/b5-3+. The zero-order valence-corrected chi connectivity index (χ0v) is 17.3. The number of nitrogens with zero attached hydrogens (tertiary/aromatic N) is 4. The summed E-state index contributed by atoms with van der Waals surface area (Å²) >= 11 is 0. The first-order valence-corrected chi connectivity index (χ1v) is 10.1. The van der Waals surface area contributed by atoms with Crippen LogP contribution >= 0.6 is 0 Å². The summed E-state index contributed by atoms with van der Waals surface area (Å²) in [5.41, 5.74) is 3.62. The summed E-state index contributed by atoms with van der Waals surface area (Å²) in [7, 11) is 1.84. The van der Waals surface area contributed by atoms with Crippen LogP contribution in [0.5, 0.6) is 0 Å². The molecule has 0 spiro atoms. The molecule has 0 atom stereocenters. The van der Waals surface area contributed by atoms with Crippen LogP contribution in [0.25, 0.3) is 17.2 Å². The van der Waals surface area contributed by atoms with Gasteiger partial charge in [-0.15, -0.1) is 0 Å². The van der Waals surface area contributed by atoms with Gasteiger partial charge in [0, 0.05) is 62.5 Å². The van der Waals surface area contributed by atoms with E-state index < -0.39 is 11.7 Å². The van der Waals surface area contributed by atoms with Gasteiger partial charge in [-0.25, -0.2) is 4.39 Å². The highest BCUT2D eigenvalue weighted by Gasteiger charge is 2.13. The number of morpholine rings is 1. The van der Waals surface area contributed by atoms with Crippen molar-refractivity contribution in [1.29, 1.82) is 0 Å². The summed E-state index contributed by atoms with van der Waals surface area (Å²) in [4.78, 5) is 18.7. The lowest BCUT2D eigenvalue weighted by Crippen LogP contribution is -2.35. The van der Waals surface area contributed by atoms with Gasteiger partial charge in [-0.2, -0.15) is 5.10 Å². The van der Waals surface area contributed by atoms with Crippen LogP contribution in [0, 0.1) is 5.82 Å². The van der Waals surface area contributed by atoms with Crippen molar-refractivity contribution in [1.82, 2.24) is 19.7 Å². The molecule has 1 N–H and O–H groups in total. The smallest absolute Gasteiger partial charge is 0.248 e. The molecule has 7 nitrogen and oxygen atoms in total. The van der Waals surface area contributed by atoms with E-state index in [0.29, 0.717) is 19.8 Å². The normalized spacial score (nSPS) is 14.8. The Morgan fingerprint density at radius 3 is 2.84 bits per heavy atom. The van der Waals surface area contributed by atoms with Crippen LogP contribution in [0.4, 0.5) is 10.1 Å². The maximum atomic E-state index is 14.5. The number of aromatic nitrogens is 3. The van der Waals surface area contributed by atoms with Gasteiger partial charge in [0.1, 0.15) is 5.82 Å². The third-order valence-corrected chi connectivity index (χ3v) is 5.08. The summed E-state index contributed by atoms with van der Waals surface area (Å²) in [6, 6.07) is 6.76. The van der Waals surface area contributed by atoms with Crippen LogP contribution in [0.15, 0.2) is 55.1 Å². The molecule has 1 amide bonds. The Bertz CT molecular complexity index is 1090. The van der Waals surface area contributed by atoms with E-state index in [4.69, 9.17) is 4.74 Å². The Balaban J connectivity index is 1.41. The summed E-state index contributed by atoms with van der Waals surface area (Å²) in [5, 5.41) is 6.78. The summed E-state index contributed by atoms with van der Waals surface area (Å²) in [6.07, 6.45) is 10.0. The van der Waals surface area contributed by atoms with E-state index in [1.54, 1.807) is 35.4 Å². The topological polar surface area (TPSA) is 72.3 Å². The largest absolute Gasteiger partial charge is 0.379 e. The van der Waals surface area contributed by atoms with Gasteiger partial charge in [-0.3, -0.25) is 19.4 Å². The fraction of sp³-hybridized carbons (Fsp3) is 0.261. The Morgan fingerprint density at radius 1 is 1.26 bits per heavy atom. The van der Waals surface area contributed by atoms with Gasteiger partial charge in [-0.05, 0) is 35.4 Å². The first kappa shape index (κ1) is 20.9. The Morgan fingerprint density at radius 2 is 2.10 bits per heavy atom. The van der Waals surface area contributed by atoms with Crippen molar-refractivity contribution in [3.63, 3.8) is 0 Å². The highest BCUT2D eigenvalue weighted by atomic mass is 19.1. The average Bonchev–Trinajstić information content (AvgIpc) is 3.21. The zero-order chi connectivity index (χ0) is 21.6. The van der Waals surface area contributed by atoms with Crippen molar-refractivity contribution in [2.24, 2.45) is 7.05 Å². The lowest BCUT2D eigenvalue weighted by molar-refractivity contribution is -0.111. The minimum Gasteiger partial charge on any atom is -0.379 e. The SMILES string of the molecule is Cn1cc(-c2ccncc2/C=C/C(=O)Nc2ccc(CN3CCOCC3)cc2F)cn1. The van der Waals surface area contributed by atoms with E-state index in [-0.39, 0.29) is 5.69 Å². The Labute approximate surface area is 180 Å². The van der Waals surface area contributed by atoms with Crippen molar-refractivity contribution in [3.05, 3.63) is 72.1 Å². The number of anilines is 1. The molecule has 1 aliphatic heterocycles. The lowest BCUT2D eigenvalue weighted by atomic mass is 10.0. The molecule has 0 unspecified atom stereocenters. The number of ether oxygens (including phenoxy) is 1. The van der Waals surface area contributed by atoms with Gasteiger partial charge in [0.15, 0.2) is 0 Å². The highest BCUT2D eigenvalue weighted by molar-refractivity contribution is 6.02. The second-order valence-electron chi connectivity index (χ2n) is 7.39. The monoisotopic (exact) mass is 421 g/mol. The van der Waals surface area contributed by atoms with Crippen molar-refractivity contribution >= 4 is 17.7 Å². The lowest BCUT2D eigenvalue weighted by Gasteiger charge is -2.26. The molecule has 3 aromatic rings. The van der Waals surface area contributed by atoms with E-state index in [9.17, 15) is 9.18 Å². The van der Waals surface area contributed by atoms with Gasteiger partial charge >= 0.3 is 0 Å². The molecular weight excluding hydrogens is 397 g/mol. The maximum absolute atomic E-state index is 14.5. The molecular formula is C23H24FN5O2. The van der Waals surface area contributed by atoms with Crippen LogP contribution in [0.3, 0.4) is 0 Å². The number of pyridine rings is 1. The number of benzene rings is 1. The molecule has 8 heteroatoms. The summed E-state index contributed by atoms with van der Waals surface area (Å²) in [5.74, 6) is -0.870. The number of aryl methyl sites for hydroxylation is 1. The molecule has 160 valence electrons. The van der Waals surface area contributed by atoms with Gasteiger partial charge in [0.2, 0.25) is 5.91 Å². The number of carbonyl (C=O) groups is 1. The van der Waals surface area contributed by atoms with E-state index in [0.717, 1.165) is 35.3 Å². The molecule has 1 fully saturated rings. The van der Waals surface area contributed by atoms with Crippen LogP contribution in [-0.4, -0.2) is 51.9 Å². The fourth-order valence-electron chi connectivity index (χ4n) is 3.48. The first-order chi connectivity index (χ1) is 15.1. The number of amides is 1. The first-order valence-electron chi connectivity index (χ1n) is 10.1. The van der Waals surface area contributed by atoms with Crippen molar-refractivity contribution in [2.45, 2.75) is 6.54 Å². The second kappa shape index (κ2) is 9.63. The number of halogens is 1. The van der Waals surface area contributed by atoms with Crippen molar-refractivity contribution in [3.8, 4) is 11.1 Å². The molecule has 31 heavy (non-hydrogen) atoms. The summed E-state index contributed by atoms with van der Waals surface area (Å²) < 4.78 is 21.6. The Kier molecular flexibility index (Phi) is 6.49. The van der Waals surface area contributed by atoms with Gasteiger partial charge in [-0.1, -0.05) is 6.07 Å². The zero-order valence-electron chi connectivity index (χ0n) is 17.3. The number of hydrogen-bond acceptors (Lipinski definition) is 5. The molecule has 4 rings (SSSR count). The fourth-order valence-corrected chi connectivity index (χ4v) is 3.48. The van der Waals surface area contributed by atoms with Crippen LogP contribution in [0.1, 0.15) is 11.1 Å². The average molecular weight is 421 g/mol. The van der Waals surface area contributed by atoms with Gasteiger partial charge in [0.05, 0.1) is 25.1 Å². The van der Waals surface area contributed by atoms with Crippen molar-refractivity contribution < 1.29 is 13.9 Å². The van der Waals surface area contributed by atoms with E-state index in [1.165, 1.54) is 12.1 Å². The van der Waals surface area contributed by atoms with Crippen LogP contribution in [-0.2, 0) is 23.1 Å². The predicted molar refractivity (Wildman–Crippen MR) is 117 cm³/mol. The summed E-state index contributed by atoms with van der Waals surface area (Å²) in [6.45, 7) is 3.72. The predicted octanol–water partition coefficient (Wildman–Crippen LogP) is 3.11.